The second-order valence-corrected chi connectivity index (χ2v) is 8.40. The standard InChI is InChI=1S/C25H28N2O5/c1-32-19-7-8-22-20(14-19)21(15-27(22)16-23(28)29)24(25(30)31)26-11-9-18(10-12-26)13-17-5-3-2-4-6-17/h2-8,14-15,18,24H,9-13,16H2,1H3,(H,28,29)(H,30,31)/t24-/m1/s1. The Morgan fingerprint density at radius 2 is 1.81 bits per heavy atom. The fraction of sp³-hybridized carbons (Fsp3) is 0.360. The molecular weight excluding hydrogens is 408 g/mol. The van der Waals surface area contributed by atoms with Crippen molar-refractivity contribution in [2.75, 3.05) is 20.2 Å². The van der Waals surface area contributed by atoms with E-state index < -0.39 is 18.0 Å². The molecule has 1 saturated heterocycles. The molecule has 32 heavy (non-hydrogen) atoms. The summed E-state index contributed by atoms with van der Waals surface area (Å²) < 4.78 is 6.94. The van der Waals surface area contributed by atoms with E-state index in [1.807, 2.05) is 23.1 Å². The number of rotatable bonds is 8. The molecule has 7 heteroatoms. The van der Waals surface area contributed by atoms with Crippen molar-refractivity contribution < 1.29 is 24.5 Å². The number of benzene rings is 2. The van der Waals surface area contributed by atoms with Crippen molar-refractivity contribution in [3.63, 3.8) is 0 Å². The van der Waals surface area contributed by atoms with Crippen molar-refractivity contribution in [3.8, 4) is 5.75 Å². The molecule has 168 valence electrons. The molecule has 0 amide bonds. The fourth-order valence-corrected chi connectivity index (χ4v) is 4.77. The number of fused-ring (bicyclic) bond motifs is 1. The minimum Gasteiger partial charge on any atom is -0.497 e. The first-order valence-electron chi connectivity index (χ1n) is 10.9. The molecule has 0 spiro atoms. The van der Waals surface area contributed by atoms with E-state index in [9.17, 15) is 19.8 Å². The van der Waals surface area contributed by atoms with Crippen LogP contribution in [0.3, 0.4) is 0 Å². The summed E-state index contributed by atoms with van der Waals surface area (Å²) in [6.45, 7) is 1.14. The van der Waals surface area contributed by atoms with Gasteiger partial charge in [0.2, 0.25) is 0 Å². The van der Waals surface area contributed by atoms with E-state index in [1.165, 1.54) is 5.56 Å². The average Bonchev–Trinajstić information content (AvgIpc) is 3.12. The van der Waals surface area contributed by atoms with E-state index in [2.05, 4.69) is 12.1 Å². The third-order valence-corrected chi connectivity index (χ3v) is 6.33. The van der Waals surface area contributed by atoms with Crippen LogP contribution in [0, 0.1) is 5.92 Å². The highest BCUT2D eigenvalue weighted by Gasteiger charge is 2.33. The molecule has 2 heterocycles. The van der Waals surface area contributed by atoms with Gasteiger partial charge in [-0.2, -0.15) is 0 Å². The largest absolute Gasteiger partial charge is 0.497 e. The highest BCUT2D eigenvalue weighted by molar-refractivity contribution is 5.91. The fourth-order valence-electron chi connectivity index (χ4n) is 4.77. The Labute approximate surface area is 186 Å². The number of aliphatic carboxylic acids is 2. The summed E-state index contributed by atoms with van der Waals surface area (Å²) in [5.74, 6) is -0.768. The number of carboxylic acid groups (broad SMARTS) is 2. The molecule has 0 bridgehead atoms. The van der Waals surface area contributed by atoms with Gasteiger partial charge >= 0.3 is 11.9 Å². The second kappa shape index (κ2) is 9.44. The predicted molar refractivity (Wildman–Crippen MR) is 121 cm³/mol. The van der Waals surface area contributed by atoms with Gasteiger partial charge in [-0.1, -0.05) is 30.3 Å². The minimum absolute atomic E-state index is 0.228. The van der Waals surface area contributed by atoms with Crippen molar-refractivity contribution >= 4 is 22.8 Å². The summed E-state index contributed by atoms with van der Waals surface area (Å²) >= 11 is 0. The Hall–Kier alpha value is -3.32. The van der Waals surface area contributed by atoms with E-state index in [0.717, 1.165) is 19.3 Å². The van der Waals surface area contributed by atoms with Crippen molar-refractivity contribution in [1.29, 1.82) is 0 Å². The zero-order valence-corrected chi connectivity index (χ0v) is 18.1. The van der Waals surface area contributed by atoms with Crippen LogP contribution in [0.4, 0.5) is 0 Å². The number of piperidine rings is 1. The Balaban J connectivity index is 1.60. The van der Waals surface area contributed by atoms with E-state index in [0.29, 0.717) is 41.2 Å². The first kappa shape index (κ1) is 21.9. The van der Waals surface area contributed by atoms with Crippen LogP contribution in [0.2, 0.25) is 0 Å². The quantitative estimate of drug-likeness (QED) is 0.558. The lowest BCUT2D eigenvalue weighted by Crippen LogP contribution is -2.40. The number of carboxylic acids is 2. The van der Waals surface area contributed by atoms with Gasteiger partial charge in [-0.25, -0.2) is 0 Å². The zero-order valence-electron chi connectivity index (χ0n) is 18.1. The summed E-state index contributed by atoms with van der Waals surface area (Å²) in [6, 6.07) is 14.9. The van der Waals surface area contributed by atoms with Crippen LogP contribution in [-0.2, 0) is 22.6 Å². The van der Waals surface area contributed by atoms with Crippen LogP contribution in [-0.4, -0.2) is 51.8 Å². The van der Waals surface area contributed by atoms with Crippen molar-refractivity contribution in [1.82, 2.24) is 9.47 Å². The second-order valence-electron chi connectivity index (χ2n) is 8.40. The lowest BCUT2D eigenvalue weighted by molar-refractivity contribution is -0.144. The maximum absolute atomic E-state index is 12.4. The highest BCUT2D eigenvalue weighted by Crippen LogP contribution is 2.35. The van der Waals surface area contributed by atoms with Gasteiger partial charge in [0, 0.05) is 22.7 Å². The third kappa shape index (κ3) is 4.62. The molecule has 2 aromatic carbocycles. The summed E-state index contributed by atoms with van der Waals surface area (Å²) in [4.78, 5) is 25.8. The van der Waals surface area contributed by atoms with Crippen LogP contribution < -0.4 is 4.74 Å². The molecule has 7 nitrogen and oxygen atoms in total. The molecule has 2 N–H and O–H groups in total. The first-order valence-corrected chi connectivity index (χ1v) is 10.9. The van der Waals surface area contributed by atoms with E-state index >= 15 is 0 Å². The molecule has 1 aliphatic heterocycles. The van der Waals surface area contributed by atoms with Crippen molar-refractivity contribution in [2.45, 2.75) is 31.8 Å². The summed E-state index contributed by atoms with van der Waals surface area (Å²) in [7, 11) is 1.56. The van der Waals surface area contributed by atoms with Gasteiger partial charge in [0.1, 0.15) is 18.3 Å². The van der Waals surface area contributed by atoms with E-state index in [1.54, 1.807) is 36.1 Å². The van der Waals surface area contributed by atoms with E-state index in [4.69, 9.17) is 4.74 Å². The van der Waals surface area contributed by atoms with Gasteiger partial charge < -0.3 is 19.5 Å². The number of likely N-dealkylation sites (tertiary alicyclic amines) is 1. The molecular formula is C25H28N2O5. The van der Waals surface area contributed by atoms with Crippen LogP contribution in [0.25, 0.3) is 10.9 Å². The van der Waals surface area contributed by atoms with Crippen LogP contribution in [0.1, 0.15) is 30.0 Å². The maximum Gasteiger partial charge on any atom is 0.325 e. The van der Waals surface area contributed by atoms with Gasteiger partial charge in [0.15, 0.2) is 0 Å². The lowest BCUT2D eigenvalue weighted by atomic mass is 9.89. The number of methoxy groups -OCH3 is 1. The average molecular weight is 437 g/mol. The maximum atomic E-state index is 12.4. The molecule has 1 fully saturated rings. The van der Waals surface area contributed by atoms with E-state index in [-0.39, 0.29) is 6.54 Å². The van der Waals surface area contributed by atoms with Gasteiger partial charge in [-0.3, -0.25) is 14.5 Å². The molecule has 4 rings (SSSR count). The molecule has 0 radical (unpaired) electrons. The monoisotopic (exact) mass is 436 g/mol. The molecule has 0 aliphatic carbocycles. The molecule has 3 aromatic rings. The van der Waals surface area contributed by atoms with Crippen molar-refractivity contribution in [2.24, 2.45) is 5.92 Å². The van der Waals surface area contributed by atoms with Gasteiger partial charge in [0.05, 0.1) is 7.11 Å². The number of ether oxygens (including phenoxy) is 1. The van der Waals surface area contributed by atoms with Gasteiger partial charge in [-0.05, 0) is 62.0 Å². The van der Waals surface area contributed by atoms with Gasteiger partial charge in [-0.15, -0.1) is 0 Å². The molecule has 1 aromatic heterocycles. The number of hydrogen-bond acceptors (Lipinski definition) is 4. The minimum atomic E-state index is -0.974. The summed E-state index contributed by atoms with van der Waals surface area (Å²) in [5.41, 5.74) is 2.60. The Morgan fingerprint density at radius 1 is 1.09 bits per heavy atom. The van der Waals surface area contributed by atoms with Crippen LogP contribution >= 0.6 is 0 Å². The number of nitrogens with zero attached hydrogens (tertiary/aromatic N) is 2. The molecule has 1 atom stereocenters. The van der Waals surface area contributed by atoms with Crippen LogP contribution in [0.15, 0.2) is 54.7 Å². The van der Waals surface area contributed by atoms with Crippen molar-refractivity contribution in [3.05, 3.63) is 65.9 Å². The topological polar surface area (TPSA) is 92.0 Å². The Bertz CT molecular complexity index is 1100. The lowest BCUT2D eigenvalue weighted by Gasteiger charge is -2.35. The third-order valence-electron chi connectivity index (χ3n) is 6.33. The van der Waals surface area contributed by atoms with Gasteiger partial charge in [0.25, 0.3) is 0 Å². The molecule has 1 aliphatic rings. The molecule has 0 saturated carbocycles. The number of hydrogen-bond donors (Lipinski definition) is 2. The molecule has 0 unspecified atom stereocenters. The highest BCUT2D eigenvalue weighted by atomic mass is 16.5. The predicted octanol–water partition coefficient (Wildman–Crippen LogP) is 3.81. The summed E-state index contributed by atoms with van der Waals surface area (Å²) in [6.07, 6.45) is 4.53. The SMILES string of the molecule is COc1ccc2c(c1)c([C@H](C(=O)O)N1CCC(Cc3ccccc3)CC1)cn2CC(=O)O. The zero-order chi connectivity index (χ0) is 22.7. The van der Waals surface area contributed by atoms with Crippen LogP contribution in [0.5, 0.6) is 5.75 Å². The Kier molecular flexibility index (Phi) is 6.46. The number of carbonyl (C=O) groups is 2. The first-order chi connectivity index (χ1) is 15.5. The number of aromatic nitrogens is 1. The Morgan fingerprint density at radius 3 is 2.44 bits per heavy atom. The normalized spacial score (nSPS) is 16.2. The summed E-state index contributed by atoms with van der Waals surface area (Å²) in [5, 5.41) is 20.2. The smallest absolute Gasteiger partial charge is 0.325 e.